The van der Waals surface area contributed by atoms with Crippen LogP contribution in [0.5, 0.6) is 17.2 Å². The third-order valence-corrected chi connectivity index (χ3v) is 4.23. The minimum atomic E-state index is 0. The van der Waals surface area contributed by atoms with Crippen molar-refractivity contribution in [2.24, 2.45) is 10.7 Å². The predicted molar refractivity (Wildman–Crippen MR) is 124 cm³/mol. The number of likely N-dealkylation sites (N-methyl/N-ethyl adjacent to an activating group) is 1. The van der Waals surface area contributed by atoms with Crippen molar-refractivity contribution >= 4 is 35.6 Å². The monoisotopic (exact) mass is 500 g/mol. The third kappa shape index (κ3) is 6.16. The molecular formula is C20H29IN4O3. The summed E-state index contributed by atoms with van der Waals surface area (Å²) in [6, 6.07) is 13.4. The largest absolute Gasteiger partial charge is 0.497 e. The quantitative estimate of drug-likeness (QED) is 0.329. The lowest BCUT2D eigenvalue weighted by atomic mass is 10.0. The zero-order chi connectivity index (χ0) is 19.8. The highest BCUT2D eigenvalue weighted by atomic mass is 127. The molecule has 0 aliphatic rings. The van der Waals surface area contributed by atoms with Crippen molar-refractivity contribution in [2.45, 2.75) is 6.04 Å². The molecule has 2 aromatic carbocycles. The van der Waals surface area contributed by atoms with Gasteiger partial charge in [0.15, 0.2) is 5.96 Å². The Balaban J connectivity index is 0.00000392. The average Bonchev–Trinajstić information content (AvgIpc) is 2.68. The zero-order valence-corrected chi connectivity index (χ0v) is 19.3. The summed E-state index contributed by atoms with van der Waals surface area (Å²) in [7, 11) is 8.88. The highest BCUT2D eigenvalue weighted by molar-refractivity contribution is 14.0. The number of aliphatic imine (C=N–C) groups is 1. The van der Waals surface area contributed by atoms with Crippen LogP contribution in [0.15, 0.2) is 47.5 Å². The van der Waals surface area contributed by atoms with Gasteiger partial charge in [0.2, 0.25) is 0 Å². The summed E-state index contributed by atoms with van der Waals surface area (Å²) in [5, 5.41) is 3.08. The molecule has 1 atom stereocenters. The summed E-state index contributed by atoms with van der Waals surface area (Å²) in [4.78, 5) is 6.60. The molecule has 2 rings (SSSR count). The molecular weight excluding hydrogens is 471 g/mol. The molecule has 0 saturated carbocycles. The van der Waals surface area contributed by atoms with E-state index >= 15 is 0 Å². The molecule has 0 fully saturated rings. The van der Waals surface area contributed by atoms with Crippen LogP contribution in [0, 0.1) is 0 Å². The van der Waals surface area contributed by atoms with E-state index in [9.17, 15) is 0 Å². The van der Waals surface area contributed by atoms with Crippen molar-refractivity contribution in [1.82, 2.24) is 4.90 Å². The maximum atomic E-state index is 6.11. The molecule has 1 unspecified atom stereocenters. The number of ether oxygens (including phenoxy) is 3. The Morgan fingerprint density at radius 1 is 1.04 bits per heavy atom. The van der Waals surface area contributed by atoms with Gasteiger partial charge in [-0.1, -0.05) is 18.2 Å². The van der Waals surface area contributed by atoms with Gasteiger partial charge in [0, 0.05) is 11.6 Å². The number of rotatable bonds is 8. The molecule has 0 bridgehead atoms. The molecule has 0 aromatic heterocycles. The fraction of sp³-hybridized carbons (Fsp3) is 0.350. The lowest BCUT2D eigenvalue weighted by Gasteiger charge is -2.25. The van der Waals surface area contributed by atoms with Gasteiger partial charge in [0.05, 0.1) is 39.6 Å². The number of benzene rings is 2. The maximum Gasteiger partial charge on any atom is 0.193 e. The van der Waals surface area contributed by atoms with E-state index in [1.54, 1.807) is 21.3 Å². The van der Waals surface area contributed by atoms with Gasteiger partial charge >= 0.3 is 0 Å². The zero-order valence-electron chi connectivity index (χ0n) is 16.9. The van der Waals surface area contributed by atoms with Gasteiger partial charge in [-0.15, -0.1) is 24.0 Å². The summed E-state index contributed by atoms with van der Waals surface area (Å²) in [6.07, 6.45) is 0. The Labute approximate surface area is 183 Å². The molecule has 154 valence electrons. The minimum Gasteiger partial charge on any atom is -0.497 e. The maximum absolute atomic E-state index is 6.11. The molecule has 0 heterocycles. The van der Waals surface area contributed by atoms with E-state index in [-0.39, 0.29) is 30.0 Å². The van der Waals surface area contributed by atoms with Crippen LogP contribution in [0.3, 0.4) is 0 Å². The van der Waals surface area contributed by atoms with Gasteiger partial charge < -0.3 is 30.2 Å². The molecule has 0 saturated heterocycles. The molecule has 0 aliphatic carbocycles. The number of nitrogens with two attached hydrogens (primary N) is 1. The molecule has 0 aliphatic heterocycles. The number of anilines is 1. The number of methoxy groups -OCH3 is 3. The van der Waals surface area contributed by atoms with E-state index in [1.807, 2.05) is 56.6 Å². The summed E-state index contributed by atoms with van der Waals surface area (Å²) < 4.78 is 16.1. The lowest BCUT2D eigenvalue weighted by molar-refractivity contribution is 0.295. The average molecular weight is 500 g/mol. The normalized spacial score (nSPS) is 12.1. The summed E-state index contributed by atoms with van der Waals surface area (Å²) in [6.45, 7) is 0.471. The Morgan fingerprint density at radius 3 is 2.32 bits per heavy atom. The molecule has 0 spiro atoms. The van der Waals surface area contributed by atoms with E-state index < -0.39 is 0 Å². The van der Waals surface area contributed by atoms with E-state index in [0.717, 1.165) is 11.3 Å². The lowest BCUT2D eigenvalue weighted by Crippen LogP contribution is -2.27. The van der Waals surface area contributed by atoms with Crippen molar-refractivity contribution in [2.75, 3.05) is 47.3 Å². The first-order chi connectivity index (χ1) is 13.0. The Morgan fingerprint density at radius 2 is 1.71 bits per heavy atom. The number of hydrogen-bond acceptors (Lipinski definition) is 5. The third-order valence-electron chi connectivity index (χ3n) is 4.23. The predicted octanol–water partition coefficient (Wildman–Crippen LogP) is 3.36. The molecule has 0 radical (unpaired) electrons. The molecule has 0 amide bonds. The van der Waals surface area contributed by atoms with Crippen LogP contribution in [0.4, 0.5) is 5.69 Å². The number of halogens is 1. The van der Waals surface area contributed by atoms with Gasteiger partial charge in [-0.2, -0.15) is 0 Å². The van der Waals surface area contributed by atoms with Gasteiger partial charge in [-0.25, -0.2) is 0 Å². The fourth-order valence-corrected chi connectivity index (χ4v) is 2.76. The van der Waals surface area contributed by atoms with Crippen molar-refractivity contribution in [3.8, 4) is 17.2 Å². The number of hydrogen-bond donors (Lipinski definition) is 2. The van der Waals surface area contributed by atoms with Gasteiger partial charge in [-0.05, 0) is 32.3 Å². The van der Waals surface area contributed by atoms with Crippen LogP contribution in [-0.2, 0) is 0 Å². The highest BCUT2D eigenvalue weighted by Gasteiger charge is 2.18. The topological polar surface area (TPSA) is 81.3 Å². The molecule has 8 heteroatoms. The van der Waals surface area contributed by atoms with E-state index in [4.69, 9.17) is 19.9 Å². The number of nitrogens with zero attached hydrogens (tertiary/aromatic N) is 2. The molecule has 2 aromatic rings. The van der Waals surface area contributed by atoms with Crippen LogP contribution >= 0.6 is 24.0 Å². The van der Waals surface area contributed by atoms with Crippen LogP contribution in [0.1, 0.15) is 11.6 Å². The Kier molecular flexibility index (Phi) is 9.88. The van der Waals surface area contributed by atoms with Crippen LogP contribution in [-0.4, -0.2) is 52.8 Å². The van der Waals surface area contributed by atoms with Crippen molar-refractivity contribution in [3.05, 3.63) is 48.0 Å². The Hall–Kier alpha value is -2.20. The van der Waals surface area contributed by atoms with Gasteiger partial charge in [0.1, 0.15) is 17.2 Å². The SMILES string of the molecule is COc1ccc(OC)c(NC(N)=NCC(c2ccccc2OC)N(C)C)c1.I. The Bertz CT molecular complexity index is 784. The fourth-order valence-electron chi connectivity index (χ4n) is 2.76. The summed E-state index contributed by atoms with van der Waals surface area (Å²) in [5.74, 6) is 2.48. The highest BCUT2D eigenvalue weighted by Crippen LogP contribution is 2.30. The van der Waals surface area contributed by atoms with Crippen molar-refractivity contribution in [3.63, 3.8) is 0 Å². The van der Waals surface area contributed by atoms with E-state index in [0.29, 0.717) is 29.7 Å². The van der Waals surface area contributed by atoms with Crippen molar-refractivity contribution in [1.29, 1.82) is 0 Å². The molecule has 7 nitrogen and oxygen atoms in total. The van der Waals surface area contributed by atoms with Crippen LogP contribution in [0.25, 0.3) is 0 Å². The number of guanidine groups is 1. The standard InChI is InChI=1S/C20H28N4O3.HI/c1-24(2)17(15-8-6-7-9-18(15)26-4)13-22-20(21)23-16-12-14(25-3)10-11-19(16)27-5;/h6-12,17H,13H2,1-5H3,(H3,21,22,23);1H. The second kappa shape index (κ2) is 11.6. The van der Waals surface area contributed by atoms with Crippen LogP contribution < -0.4 is 25.3 Å². The van der Waals surface area contributed by atoms with E-state index in [2.05, 4.69) is 15.2 Å². The van der Waals surface area contributed by atoms with Crippen LogP contribution in [0.2, 0.25) is 0 Å². The number of para-hydroxylation sites is 1. The summed E-state index contributed by atoms with van der Waals surface area (Å²) >= 11 is 0. The smallest absolute Gasteiger partial charge is 0.193 e. The van der Waals surface area contributed by atoms with E-state index in [1.165, 1.54) is 0 Å². The summed E-state index contributed by atoms with van der Waals surface area (Å²) in [5.41, 5.74) is 7.86. The molecule has 28 heavy (non-hydrogen) atoms. The second-order valence-corrected chi connectivity index (χ2v) is 6.14. The first-order valence-electron chi connectivity index (χ1n) is 8.58. The van der Waals surface area contributed by atoms with Gasteiger partial charge in [0.25, 0.3) is 0 Å². The van der Waals surface area contributed by atoms with Gasteiger partial charge in [-0.3, -0.25) is 4.99 Å². The molecule has 3 N–H and O–H groups in total. The van der Waals surface area contributed by atoms with Crippen molar-refractivity contribution < 1.29 is 14.2 Å². The first-order valence-corrected chi connectivity index (χ1v) is 8.58. The number of nitrogens with one attached hydrogen (secondary N) is 1. The first kappa shape index (κ1) is 23.8. The second-order valence-electron chi connectivity index (χ2n) is 6.14. The minimum absolute atomic E-state index is 0.